The number of hydrogen-bond donors (Lipinski definition) is 4. The quantitative estimate of drug-likeness (QED) is 0.0404. The lowest BCUT2D eigenvalue weighted by molar-refractivity contribution is -0.123. The largest absolute Gasteiger partial charge is 0.497 e. The number of ether oxygens (including phenoxy) is 2. The number of amides is 4. The molecule has 0 aliphatic carbocycles. The summed E-state index contributed by atoms with van der Waals surface area (Å²) in [5.41, 5.74) is 6.34. The summed E-state index contributed by atoms with van der Waals surface area (Å²) in [7, 11) is 3.23. The molecule has 0 spiro atoms. The molecule has 4 N–H and O–H groups in total. The van der Waals surface area contributed by atoms with Gasteiger partial charge in [-0.1, -0.05) is 48.7 Å². The Kier molecular flexibility index (Phi) is 17.3. The molecule has 0 saturated heterocycles. The van der Waals surface area contributed by atoms with Crippen molar-refractivity contribution in [2.75, 3.05) is 46.2 Å². The lowest BCUT2D eigenvalue weighted by atomic mass is 10.00. The number of carbonyl (C=O) groups excluding carboxylic acids is 4. The molecule has 2 atom stereocenters. The zero-order valence-corrected chi connectivity index (χ0v) is 43.1. The Morgan fingerprint density at radius 2 is 1.08 bits per heavy atom. The number of benzene rings is 4. The van der Waals surface area contributed by atoms with E-state index in [0.717, 1.165) is 57.8 Å². The molecule has 20 heteroatoms. The average Bonchev–Trinajstić information content (AvgIpc) is 3.90. The highest BCUT2D eigenvalue weighted by atomic mass is 35.5. The first kappa shape index (κ1) is 52.0. The van der Waals surface area contributed by atoms with Gasteiger partial charge in [0.05, 0.1) is 55.6 Å². The predicted molar refractivity (Wildman–Crippen MR) is 281 cm³/mol. The number of methoxy groups -OCH3 is 2. The molecule has 380 valence electrons. The lowest BCUT2D eigenvalue weighted by Gasteiger charge is -2.14. The van der Waals surface area contributed by atoms with Crippen molar-refractivity contribution < 1.29 is 28.7 Å². The molecule has 2 aliphatic rings. The highest BCUT2D eigenvalue weighted by molar-refractivity contribution is 8.00. The molecule has 8 rings (SSSR count). The van der Waals surface area contributed by atoms with Crippen molar-refractivity contribution in [3.05, 3.63) is 136 Å². The smallest absolute Gasteiger partial charge is 0.230 e. The van der Waals surface area contributed by atoms with E-state index in [1.807, 2.05) is 103 Å². The number of aromatic nitrogens is 6. The summed E-state index contributed by atoms with van der Waals surface area (Å²) in [5.74, 6) is 3.55. The minimum atomic E-state index is -0.643. The first-order valence-corrected chi connectivity index (χ1v) is 25.7. The summed E-state index contributed by atoms with van der Waals surface area (Å²) in [6, 6.07) is 25.6. The number of aryl methyl sites for hydroxylation is 2. The topological polar surface area (TPSA) is 221 Å². The maximum Gasteiger partial charge on any atom is 0.230 e. The van der Waals surface area contributed by atoms with E-state index in [9.17, 15) is 19.2 Å². The molecule has 4 amide bonds. The Morgan fingerprint density at radius 1 is 0.589 bits per heavy atom. The van der Waals surface area contributed by atoms with Gasteiger partial charge in [-0.3, -0.25) is 38.3 Å². The van der Waals surface area contributed by atoms with Crippen LogP contribution in [0.4, 0.5) is 0 Å². The van der Waals surface area contributed by atoms with Gasteiger partial charge in [-0.2, -0.15) is 0 Å². The summed E-state index contributed by atoms with van der Waals surface area (Å²) >= 11 is 7.67. The summed E-state index contributed by atoms with van der Waals surface area (Å²) < 4.78 is 15.0. The van der Waals surface area contributed by atoms with Crippen LogP contribution in [0.1, 0.15) is 110 Å². The number of nitrogens with one attached hydrogen (secondary N) is 4. The molecule has 0 radical (unpaired) electrons. The highest BCUT2D eigenvalue weighted by Crippen LogP contribution is 2.36. The molecule has 0 unspecified atom stereocenters. The molecule has 2 aromatic heterocycles. The molecule has 18 nitrogen and oxygen atoms in total. The van der Waals surface area contributed by atoms with E-state index >= 15 is 0 Å². The minimum absolute atomic E-state index is 0.0172. The van der Waals surface area contributed by atoms with Gasteiger partial charge in [0, 0.05) is 64.8 Å². The van der Waals surface area contributed by atoms with E-state index in [1.54, 1.807) is 26.4 Å². The molecule has 4 aromatic carbocycles. The van der Waals surface area contributed by atoms with Crippen LogP contribution in [0, 0.1) is 13.8 Å². The maximum atomic E-state index is 13.3. The van der Waals surface area contributed by atoms with Crippen LogP contribution in [0.15, 0.2) is 99.8 Å². The lowest BCUT2D eigenvalue weighted by Crippen LogP contribution is -2.35. The summed E-state index contributed by atoms with van der Waals surface area (Å²) in [6.45, 7) is 7.22. The van der Waals surface area contributed by atoms with E-state index in [2.05, 4.69) is 41.7 Å². The molecule has 4 heterocycles. The van der Waals surface area contributed by atoms with Crippen molar-refractivity contribution in [1.82, 2.24) is 50.8 Å². The molecule has 2 aliphatic heterocycles. The Morgan fingerprint density at radius 3 is 1.62 bits per heavy atom. The SMILES string of the molecule is CCNC(=O)C[C@@H]1N=C(c2ccc(SCC(=O)NCCCCCCC(=O)NCCNC(=O)C[C@@H]3N=C(c4ccc(Cl)cc4)c4cc(OC)ccc4-n4c(C)nnc43)cc2)c2cc(OC)ccc2-n2c(C)nnc21. The summed E-state index contributed by atoms with van der Waals surface area (Å²) in [6.07, 6.45) is 3.72. The maximum absolute atomic E-state index is 13.3. The van der Waals surface area contributed by atoms with Crippen molar-refractivity contribution in [3.8, 4) is 22.9 Å². The van der Waals surface area contributed by atoms with Crippen LogP contribution >= 0.6 is 23.4 Å². The molecule has 6 aromatic rings. The molecular formula is C53H59ClN12O6S. The van der Waals surface area contributed by atoms with Gasteiger partial charge >= 0.3 is 0 Å². The van der Waals surface area contributed by atoms with Crippen LogP contribution in [0.2, 0.25) is 5.02 Å². The number of hydrogen-bond acceptors (Lipinski definition) is 13. The fourth-order valence-corrected chi connectivity index (χ4v) is 9.69. The molecule has 0 fully saturated rings. The number of nitrogens with zero attached hydrogens (tertiary/aromatic N) is 8. The summed E-state index contributed by atoms with van der Waals surface area (Å²) in [5, 5.41) is 29.9. The van der Waals surface area contributed by atoms with Crippen LogP contribution in [0.5, 0.6) is 11.5 Å². The standard InChI is InChI=1S/C53H59ClN12O6S/c1-6-55-47(68)29-42-52-63-61-32(2)65(52)45-23-19-38(72-5)28-41(45)51(59-42)35-14-20-39(21-15-35)73-31-49(70)56-24-10-8-7-9-11-46(67)57-25-26-58-48(69)30-43-53-64-62-33(3)66(53)44-22-18-37(71-4)27-40(44)50(60-43)34-12-16-36(54)17-13-34/h12-23,27-28,42-43H,6-11,24-26,29-31H2,1-5H3,(H,55,68)(H,56,70)(H,57,67)(H,58,69)/t42-,43-/m0/s1. The fraction of sp³-hybridized carbons (Fsp3) is 0.358. The van der Waals surface area contributed by atoms with Gasteiger partial charge < -0.3 is 30.7 Å². The first-order chi connectivity index (χ1) is 35.4. The van der Waals surface area contributed by atoms with Crippen LogP contribution in [0.25, 0.3) is 11.4 Å². The van der Waals surface area contributed by atoms with Crippen LogP contribution in [-0.2, 0) is 19.2 Å². The number of thioether (sulfide) groups is 1. The van der Waals surface area contributed by atoms with Gasteiger partial charge in [-0.25, -0.2) is 0 Å². The van der Waals surface area contributed by atoms with Crippen LogP contribution < -0.4 is 30.7 Å². The number of unbranched alkanes of at least 4 members (excludes halogenated alkanes) is 3. The van der Waals surface area contributed by atoms with Gasteiger partial charge in [0.15, 0.2) is 11.6 Å². The number of fused-ring (bicyclic) bond motifs is 6. The second kappa shape index (κ2) is 24.4. The van der Waals surface area contributed by atoms with E-state index in [4.69, 9.17) is 31.1 Å². The molecule has 73 heavy (non-hydrogen) atoms. The van der Waals surface area contributed by atoms with Crippen molar-refractivity contribution in [2.45, 2.75) is 82.7 Å². The van der Waals surface area contributed by atoms with E-state index in [-0.39, 0.29) is 55.3 Å². The van der Waals surface area contributed by atoms with Gasteiger partial charge in [0.25, 0.3) is 0 Å². The third-order valence-corrected chi connectivity index (χ3v) is 13.7. The first-order valence-electron chi connectivity index (χ1n) is 24.4. The zero-order valence-electron chi connectivity index (χ0n) is 41.5. The number of halogens is 1. The third kappa shape index (κ3) is 12.6. The van der Waals surface area contributed by atoms with Crippen molar-refractivity contribution in [2.24, 2.45) is 9.98 Å². The average molecular weight is 1030 g/mol. The zero-order chi connectivity index (χ0) is 51.4. The molecular weight excluding hydrogens is 968 g/mol. The van der Waals surface area contributed by atoms with Crippen molar-refractivity contribution >= 4 is 58.4 Å². The predicted octanol–water partition coefficient (Wildman–Crippen LogP) is 6.93. The van der Waals surface area contributed by atoms with Crippen LogP contribution in [0.3, 0.4) is 0 Å². The van der Waals surface area contributed by atoms with E-state index in [0.29, 0.717) is 77.2 Å². The fourth-order valence-electron chi connectivity index (χ4n) is 8.83. The Balaban J connectivity index is 0.744. The van der Waals surface area contributed by atoms with Gasteiger partial charge in [0.1, 0.15) is 35.2 Å². The van der Waals surface area contributed by atoms with Gasteiger partial charge in [-0.15, -0.1) is 32.2 Å². The van der Waals surface area contributed by atoms with E-state index in [1.165, 1.54) is 11.8 Å². The van der Waals surface area contributed by atoms with Crippen molar-refractivity contribution in [3.63, 3.8) is 0 Å². The van der Waals surface area contributed by atoms with E-state index < -0.39 is 12.1 Å². The van der Waals surface area contributed by atoms with Gasteiger partial charge in [0.2, 0.25) is 23.6 Å². The number of rotatable bonds is 22. The monoisotopic (exact) mass is 1030 g/mol. The Bertz CT molecular complexity index is 3030. The number of carbonyl (C=O) groups is 4. The molecule has 0 bridgehead atoms. The Hall–Kier alpha value is -7.38. The molecule has 0 saturated carbocycles. The summed E-state index contributed by atoms with van der Waals surface area (Å²) in [4.78, 5) is 62.7. The van der Waals surface area contributed by atoms with Gasteiger partial charge in [-0.05, 0) is 94.3 Å². The Labute approximate surface area is 433 Å². The second-order valence-electron chi connectivity index (χ2n) is 17.5. The highest BCUT2D eigenvalue weighted by Gasteiger charge is 2.32. The van der Waals surface area contributed by atoms with Crippen LogP contribution in [-0.4, -0.2) is 111 Å². The third-order valence-electron chi connectivity index (χ3n) is 12.4. The normalized spacial score (nSPS) is 14.4. The van der Waals surface area contributed by atoms with Crippen molar-refractivity contribution in [1.29, 1.82) is 0 Å². The second-order valence-corrected chi connectivity index (χ2v) is 19.0. The number of aliphatic imine (C=N–C) groups is 2. The minimum Gasteiger partial charge on any atom is -0.497 e.